The number of rotatable bonds is 15. The van der Waals surface area contributed by atoms with E-state index in [-0.39, 0.29) is 13.2 Å². The fourth-order valence-corrected chi connectivity index (χ4v) is 3.88. The first-order valence-electron chi connectivity index (χ1n) is 17.5. The van der Waals surface area contributed by atoms with E-state index < -0.39 is 94.4 Å². The Hall–Kier alpha value is -1.24. The van der Waals surface area contributed by atoms with Crippen molar-refractivity contribution in [2.75, 3.05) is 13.2 Å². The van der Waals surface area contributed by atoms with E-state index in [1.807, 2.05) is 0 Å². The Labute approximate surface area is 204 Å². The molecule has 0 aliphatic rings. The van der Waals surface area contributed by atoms with E-state index in [0.717, 1.165) is 0 Å². The first kappa shape index (κ1) is 10.6. The number of aryl methyl sites for hydroxylation is 1. The molecule has 0 saturated heterocycles. The van der Waals surface area contributed by atoms with Crippen molar-refractivity contribution in [3.63, 3.8) is 0 Å². The van der Waals surface area contributed by atoms with Crippen LogP contribution in [0.5, 0.6) is 0 Å². The van der Waals surface area contributed by atoms with Gasteiger partial charge in [-0.2, -0.15) is 4.98 Å². The second kappa shape index (κ2) is 13.2. The molecule has 0 radical (unpaired) electrons. The maximum atomic E-state index is 13.6. The zero-order chi connectivity index (χ0) is 37.7. The molecule has 0 amide bonds. The van der Waals surface area contributed by atoms with Gasteiger partial charge in [0.05, 0.1) is 19.6 Å². The summed E-state index contributed by atoms with van der Waals surface area (Å²) in [6.45, 7) is 3.16. The predicted molar refractivity (Wildman–Crippen MR) is 116 cm³/mol. The summed E-state index contributed by atoms with van der Waals surface area (Å²) in [7, 11) is -4.34. The SMILES string of the molecule is [2H]C([2H])([2H])C([2H])([2H])C([2H])([2H])C([2H])([2H])C([2H])([2H])C([2H])([2H])C([2H])([2H])C([2H])([2H])c1noc(CC(C(=O)OC(C)(C)C)P(=O)(OCC)OCC)n1. The Kier molecular flexibility index (Phi) is 4.67. The van der Waals surface area contributed by atoms with E-state index in [1.165, 1.54) is 34.6 Å². The maximum absolute atomic E-state index is 13.6. The number of hydrogen-bond acceptors (Lipinski definition) is 8. The Morgan fingerprint density at radius 2 is 1.80 bits per heavy atom. The van der Waals surface area contributed by atoms with Gasteiger partial charge < -0.3 is 18.3 Å². The van der Waals surface area contributed by atoms with Crippen LogP contribution in [0.3, 0.4) is 0 Å². The third-order valence-corrected chi connectivity index (χ3v) is 5.39. The molecule has 30 heavy (non-hydrogen) atoms. The average molecular weight is 464 g/mol. The van der Waals surface area contributed by atoms with Crippen LogP contribution in [0.1, 0.15) is 115 Å². The van der Waals surface area contributed by atoms with Gasteiger partial charge in [-0.25, -0.2) is 0 Å². The summed E-state index contributed by atoms with van der Waals surface area (Å²) >= 11 is 0. The molecule has 1 unspecified atom stereocenters. The van der Waals surface area contributed by atoms with E-state index >= 15 is 0 Å². The van der Waals surface area contributed by atoms with Crippen molar-refractivity contribution in [1.82, 2.24) is 10.1 Å². The molecular formula is C21H39N2O6P. The van der Waals surface area contributed by atoms with Gasteiger partial charge in [0.1, 0.15) is 5.60 Å². The van der Waals surface area contributed by atoms with Crippen molar-refractivity contribution in [1.29, 1.82) is 0 Å². The fourth-order valence-electron chi connectivity index (χ4n) is 2.04. The monoisotopic (exact) mass is 463 g/mol. The summed E-state index contributed by atoms with van der Waals surface area (Å²) in [4.78, 5) is 16.7. The highest BCUT2D eigenvalue weighted by atomic mass is 31.2. The van der Waals surface area contributed by atoms with Crippen LogP contribution in [0.25, 0.3) is 0 Å². The van der Waals surface area contributed by atoms with Crippen molar-refractivity contribution in [3.8, 4) is 0 Å². The van der Waals surface area contributed by atoms with Gasteiger partial charge in [-0.05, 0) is 41.0 Å². The molecule has 0 aliphatic carbocycles. The molecule has 0 fully saturated rings. The maximum Gasteiger partial charge on any atom is 0.345 e. The van der Waals surface area contributed by atoms with Crippen LogP contribution in [-0.4, -0.2) is 40.6 Å². The second-order valence-corrected chi connectivity index (χ2v) is 8.73. The van der Waals surface area contributed by atoms with Gasteiger partial charge in [-0.1, -0.05) is 43.9 Å². The molecule has 1 heterocycles. The van der Waals surface area contributed by atoms with E-state index in [9.17, 15) is 9.36 Å². The van der Waals surface area contributed by atoms with Crippen molar-refractivity contribution in [2.24, 2.45) is 0 Å². The molecule has 1 aromatic heterocycles. The van der Waals surface area contributed by atoms with Gasteiger partial charge in [-0.15, -0.1) is 0 Å². The van der Waals surface area contributed by atoms with Gasteiger partial charge >= 0.3 is 13.6 Å². The molecule has 0 spiro atoms. The summed E-state index contributed by atoms with van der Waals surface area (Å²) < 4.78 is 170. The summed E-state index contributed by atoms with van der Waals surface area (Å²) in [5, 5.41) is 3.28. The number of hydrogen-bond donors (Lipinski definition) is 0. The Morgan fingerprint density at radius 1 is 1.17 bits per heavy atom. The molecule has 0 aliphatic heterocycles. The summed E-state index contributed by atoms with van der Waals surface area (Å²) in [5.74, 6) is -3.10. The number of carbonyl (C=O) groups is 1. The second-order valence-electron chi connectivity index (χ2n) is 6.52. The normalized spacial score (nSPS) is 25.6. The van der Waals surface area contributed by atoms with E-state index in [1.54, 1.807) is 0 Å². The van der Waals surface area contributed by atoms with Crippen LogP contribution < -0.4 is 0 Å². The minimum atomic E-state index is -4.49. The van der Waals surface area contributed by atoms with Crippen LogP contribution in [0, 0.1) is 0 Å². The Balaban J connectivity index is 3.72. The van der Waals surface area contributed by atoms with Crippen LogP contribution >= 0.6 is 7.60 Å². The zero-order valence-electron chi connectivity index (χ0n) is 34.5. The number of ether oxygens (including phenoxy) is 1. The molecule has 174 valence electrons. The molecule has 1 aromatic rings. The largest absolute Gasteiger partial charge is 0.459 e. The standard InChI is InChI=1S/C21H39N2O6P/c1-7-10-11-12-13-14-15-18-22-19(29-23-18)16-17(20(24)28-21(4,5)6)30(25,26-8-2)27-9-3/h17H,7-16H2,1-6H3/i1D3,7D2,10D2,11D2,12D2,13D2,14D2,15D2. The molecular weight excluding hydrogens is 407 g/mol. The Morgan fingerprint density at radius 3 is 2.40 bits per heavy atom. The van der Waals surface area contributed by atoms with Crippen molar-refractivity contribution >= 4 is 13.6 Å². The van der Waals surface area contributed by atoms with Crippen LogP contribution in [-0.2, 0) is 35.9 Å². The van der Waals surface area contributed by atoms with Gasteiger partial charge in [0, 0.05) is 29.7 Å². The molecule has 0 bridgehead atoms. The lowest BCUT2D eigenvalue weighted by Gasteiger charge is -2.27. The predicted octanol–water partition coefficient (Wildman–Crippen LogP) is 5.49. The zero-order valence-corrected chi connectivity index (χ0v) is 18.4. The summed E-state index contributed by atoms with van der Waals surface area (Å²) in [6.07, 6.45) is -30.8. The molecule has 1 atom stereocenters. The van der Waals surface area contributed by atoms with E-state index in [4.69, 9.17) is 41.6 Å². The first-order chi connectivity index (χ1) is 20.6. The number of nitrogens with zero attached hydrogens (tertiary/aromatic N) is 2. The van der Waals surface area contributed by atoms with Gasteiger partial charge in [0.25, 0.3) is 0 Å². The third-order valence-electron chi connectivity index (χ3n) is 3.00. The molecule has 9 heteroatoms. The summed E-state index contributed by atoms with van der Waals surface area (Å²) in [6, 6.07) is 0. The molecule has 0 aromatic carbocycles. The Bertz CT molecular complexity index is 1300. The first-order valence-corrected chi connectivity index (χ1v) is 10.6. The topological polar surface area (TPSA) is 101 Å². The van der Waals surface area contributed by atoms with Crippen LogP contribution in [0.2, 0.25) is 0 Å². The quantitative estimate of drug-likeness (QED) is 0.248. The smallest absolute Gasteiger partial charge is 0.345 e. The highest BCUT2D eigenvalue weighted by Crippen LogP contribution is 2.54. The van der Waals surface area contributed by atoms with Gasteiger partial charge in [0.15, 0.2) is 11.5 Å². The lowest BCUT2D eigenvalue weighted by Crippen LogP contribution is -2.34. The lowest BCUT2D eigenvalue weighted by molar-refractivity contribution is -0.154. The van der Waals surface area contributed by atoms with Crippen molar-refractivity contribution in [3.05, 3.63) is 11.7 Å². The third kappa shape index (κ3) is 9.71. The molecule has 0 N–H and O–H groups in total. The number of aromatic nitrogens is 2. The molecule has 8 nitrogen and oxygen atoms in total. The van der Waals surface area contributed by atoms with Crippen molar-refractivity contribution in [2.45, 2.75) is 104 Å². The number of esters is 1. The molecule has 1 rings (SSSR count). The minimum Gasteiger partial charge on any atom is -0.459 e. The van der Waals surface area contributed by atoms with Crippen LogP contribution in [0.15, 0.2) is 4.52 Å². The van der Waals surface area contributed by atoms with E-state index in [0.29, 0.717) is 0 Å². The van der Waals surface area contributed by atoms with Crippen molar-refractivity contribution < 1.29 is 51.0 Å². The van der Waals surface area contributed by atoms with E-state index in [2.05, 4.69) is 10.1 Å². The summed E-state index contributed by atoms with van der Waals surface area (Å²) in [5.41, 5.74) is -2.87. The fraction of sp³-hybridized carbons (Fsp3) is 0.857. The van der Waals surface area contributed by atoms with Crippen LogP contribution in [0.4, 0.5) is 0 Å². The number of carbonyl (C=O) groups excluding carboxylic acids is 1. The highest BCUT2D eigenvalue weighted by Gasteiger charge is 2.44. The van der Waals surface area contributed by atoms with Gasteiger partial charge in [-0.3, -0.25) is 9.36 Å². The minimum absolute atomic E-state index is 0.190. The van der Waals surface area contributed by atoms with Gasteiger partial charge in [0.2, 0.25) is 5.89 Å². The molecule has 0 saturated carbocycles. The lowest BCUT2D eigenvalue weighted by atomic mass is 10.1. The highest BCUT2D eigenvalue weighted by molar-refractivity contribution is 7.55. The average Bonchev–Trinajstić information content (AvgIpc) is 3.34.